The first-order valence-corrected chi connectivity index (χ1v) is 7.01. The van der Waals surface area contributed by atoms with Crippen LogP contribution in [0, 0.1) is 20.8 Å². The lowest BCUT2D eigenvalue weighted by Crippen LogP contribution is -2.22. The number of hydrogen-bond acceptors (Lipinski definition) is 3. The highest BCUT2D eigenvalue weighted by molar-refractivity contribution is 5.58. The molecular formula is C16H24N4. The zero-order valence-electron chi connectivity index (χ0n) is 13.3. The van der Waals surface area contributed by atoms with Crippen LogP contribution in [0.25, 0.3) is 0 Å². The topological polar surface area (TPSA) is 42.7 Å². The van der Waals surface area contributed by atoms with Crippen molar-refractivity contribution in [2.75, 3.05) is 5.32 Å². The summed E-state index contributed by atoms with van der Waals surface area (Å²) in [6.07, 6.45) is 2.01. The molecule has 0 radical (unpaired) electrons. The average molecular weight is 272 g/mol. The highest BCUT2D eigenvalue weighted by atomic mass is 15.4. The molecule has 0 amide bonds. The fraction of sp³-hybridized carbons (Fsp3) is 0.500. The van der Waals surface area contributed by atoms with Crippen molar-refractivity contribution in [3.05, 3.63) is 40.7 Å². The molecule has 0 aliphatic rings. The van der Waals surface area contributed by atoms with Gasteiger partial charge in [-0.2, -0.15) is 0 Å². The van der Waals surface area contributed by atoms with Crippen molar-refractivity contribution in [3.8, 4) is 0 Å². The van der Waals surface area contributed by atoms with Crippen LogP contribution in [0.1, 0.15) is 43.2 Å². The van der Waals surface area contributed by atoms with Crippen LogP contribution in [-0.4, -0.2) is 15.0 Å². The van der Waals surface area contributed by atoms with Gasteiger partial charge in [0.2, 0.25) is 0 Å². The Balaban J connectivity index is 2.12. The Bertz CT molecular complexity index is 582. The summed E-state index contributed by atoms with van der Waals surface area (Å²) in [5.74, 6) is 0. The van der Waals surface area contributed by atoms with Crippen LogP contribution in [0.2, 0.25) is 0 Å². The Morgan fingerprint density at radius 1 is 1.10 bits per heavy atom. The van der Waals surface area contributed by atoms with Crippen molar-refractivity contribution < 1.29 is 0 Å². The first kappa shape index (κ1) is 14.6. The first-order valence-electron chi connectivity index (χ1n) is 7.01. The number of rotatable bonds is 3. The minimum Gasteiger partial charge on any atom is -0.379 e. The largest absolute Gasteiger partial charge is 0.379 e. The van der Waals surface area contributed by atoms with E-state index in [9.17, 15) is 0 Å². The van der Waals surface area contributed by atoms with E-state index in [1.54, 1.807) is 0 Å². The van der Waals surface area contributed by atoms with Crippen LogP contribution in [-0.2, 0) is 12.1 Å². The Kier molecular flexibility index (Phi) is 3.84. The van der Waals surface area contributed by atoms with Gasteiger partial charge in [-0.15, -0.1) is 5.10 Å². The maximum atomic E-state index is 4.23. The second-order valence-corrected chi connectivity index (χ2v) is 6.45. The van der Waals surface area contributed by atoms with Crippen LogP contribution in [0.3, 0.4) is 0 Å². The van der Waals surface area contributed by atoms with Gasteiger partial charge in [0, 0.05) is 5.69 Å². The van der Waals surface area contributed by atoms with Crippen molar-refractivity contribution in [1.29, 1.82) is 0 Å². The molecule has 0 bridgehead atoms. The maximum absolute atomic E-state index is 4.23. The molecule has 0 aliphatic heterocycles. The predicted octanol–water partition coefficient (Wildman–Crippen LogP) is 3.57. The highest BCUT2D eigenvalue weighted by Gasteiger charge is 2.15. The molecule has 4 nitrogen and oxygen atoms in total. The standard InChI is InChI=1S/C16H24N4/c1-11-7-12(2)15(13(3)8-11)17-9-14-10-20(19-18-14)16(4,5)6/h7-8,10,17H,9H2,1-6H3. The molecule has 1 N–H and O–H groups in total. The molecule has 20 heavy (non-hydrogen) atoms. The molecule has 1 aromatic heterocycles. The lowest BCUT2D eigenvalue weighted by Gasteiger charge is -2.17. The van der Waals surface area contributed by atoms with E-state index in [-0.39, 0.29) is 5.54 Å². The monoisotopic (exact) mass is 272 g/mol. The lowest BCUT2D eigenvalue weighted by molar-refractivity contribution is 0.347. The number of aromatic nitrogens is 3. The zero-order valence-corrected chi connectivity index (χ0v) is 13.3. The van der Waals surface area contributed by atoms with Gasteiger partial charge in [0.25, 0.3) is 0 Å². The van der Waals surface area contributed by atoms with Gasteiger partial charge >= 0.3 is 0 Å². The quantitative estimate of drug-likeness (QED) is 0.929. The average Bonchev–Trinajstić information content (AvgIpc) is 2.75. The molecule has 0 saturated heterocycles. The summed E-state index contributed by atoms with van der Waals surface area (Å²) in [4.78, 5) is 0. The molecule has 0 spiro atoms. The number of hydrogen-bond donors (Lipinski definition) is 1. The Hall–Kier alpha value is -1.84. The van der Waals surface area contributed by atoms with Crippen LogP contribution >= 0.6 is 0 Å². The van der Waals surface area contributed by atoms with Gasteiger partial charge in [-0.1, -0.05) is 22.9 Å². The molecule has 0 aliphatic carbocycles. The first-order chi connectivity index (χ1) is 9.27. The Morgan fingerprint density at radius 2 is 1.70 bits per heavy atom. The van der Waals surface area contributed by atoms with E-state index in [0.29, 0.717) is 6.54 Å². The molecule has 1 aromatic carbocycles. The van der Waals surface area contributed by atoms with Crippen molar-refractivity contribution in [2.45, 2.75) is 53.6 Å². The van der Waals surface area contributed by atoms with E-state index < -0.39 is 0 Å². The highest BCUT2D eigenvalue weighted by Crippen LogP contribution is 2.22. The third-order valence-corrected chi connectivity index (χ3v) is 3.35. The Morgan fingerprint density at radius 3 is 2.20 bits per heavy atom. The summed E-state index contributed by atoms with van der Waals surface area (Å²) in [5.41, 5.74) is 5.96. The van der Waals surface area contributed by atoms with E-state index in [2.05, 4.69) is 69.3 Å². The third kappa shape index (κ3) is 3.18. The summed E-state index contributed by atoms with van der Waals surface area (Å²) >= 11 is 0. The zero-order chi connectivity index (χ0) is 14.9. The van der Waals surface area contributed by atoms with Crippen LogP contribution in [0.15, 0.2) is 18.3 Å². The summed E-state index contributed by atoms with van der Waals surface area (Å²) in [6, 6.07) is 4.39. The van der Waals surface area contributed by atoms with Gasteiger partial charge in [0.1, 0.15) is 5.69 Å². The fourth-order valence-corrected chi connectivity index (χ4v) is 2.35. The Labute approximate surface area is 121 Å². The van der Waals surface area contributed by atoms with Gasteiger partial charge in [0.05, 0.1) is 18.3 Å². The fourth-order valence-electron chi connectivity index (χ4n) is 2.35. The third-order valence-electron chi connectivity index (χ3n) is 3.35. The van der Waals surface area contributed by atoms with E-state index in [4.69, 9.17) is 0 Å². The minimum absolute atomic E-state index is 0.0268. The van der Waals surface area contributed by atoms with Crippen molar-refractivity contribution in [3.63, 3.8) is 0 Å². The summed E-state index contributed by atoms with van der Waals surface area (Å²) in [6.45, 7) is 13.4. The molecule has 0 atom stereocenters. The number of benzene rings is 1. The molecule has 1 heterocycles. The van der Waals surface area contributed by atoms with Gasteiger partial charge in [-0.3, -0.25) is 0 Å². The van der Waals surface area contributed by atoms with Gasteiger partial charge in [-0.25, -0.2) is 4.68 Å². The van der Waals surface area contributed by atoms with Crippen molar-refractivity contribution in [1.82, 2.24) is 15.0 Å². The maximum Gasteiger partial charge on any atom is 0.102 e. The molecule has 2 aromatic rings. The number of nitrogens with zero attached hydrogens (tertiary/aromatic N) is 3. The van der Waals surface area contributed by atoms with E-state index in [0.717, 1.165) is 5.69 Å². The summed E-state index contributed by atoms with van der Waals surface area (Å²) < 4.78 is 1.90. The minimum atomic E-state index is -0.0268. The SMILES string of the molecule is Cc1cc(C)c(NCc2cn(C(C)(C)C)nn2)c(C)c1. The lowest BCUT2D eigenvalue weighted by atomic mass is 10.1. The van der Waals surface area contributed by atoms with Crippen molar-refractivity contribution in [2.24, 2.45) is 0 Å². The normalized spacial score (nSPS) is 11.7. The summed E-state index contributed by atoms with van der Waals surface area (Å²) in [7, 11) is 0. The van der Waals surface area contributed by atoms with E-state index >= 15 is 0 Å². The van der Waals surface area contributed by atoms with E-state index in [1.165, 1.54) is 22.4 Å². The molecule has 0 saturated carbocycles. The van der Waals surface area contributed by atoms with Crippen LogP contribution in [0.4, 0.5) is 5.69 Å². The number of anilines is 1. The summed E-state index contributed by atoms with van der Waals surface area (Å²) in [5, 5.41) is 11.9. The second-order valence-electron chi connectivity index (χ2n) is 6.45. The smallest absolute Gasteiger partial charge is 0.102 e. The van der Waals surface area contributed by atoms with E-state index in [1.807, 2.05) is 10.9 Å². The van der Waals surface area contributed by atoms with Gasteiger partial charge < -0.3 is 5.32 Å². The van der Waals surface area contributed by atoms with Crippen molar-refractivity contribution >= 4 is 5.69 Å². The molecule has 2 rings (SSSR count). The molecular weight excluding hydrogens is 248 g/mol. The van der Waals surface area contributed by atoms with Crippen LogP contribution in [0.5, 0.6) is 0 Å². The van der Waals surface area contributed by atoms with Gasteiger partial charge in [0.15, 0.2) is 0 Å². The molecule has 108 valence electrons. The molecule has 0 fully saturated rings. The van der Waals surface area contributed by atoms with Crippen LogP contribution < -0.4 is 5.32 Å². The predicted molar refractivity (Wildman–Crippen MR) is 83.0 cm³/mol. The molecule has 0 unspecified atom stereocenters. The molecule has 4 heteroatoms. The van der Waals surface area contributed by atoms with Gasteiger partial charge in [-0.05, 0) is 52.7 Å². The second kappa shape index (κ2) is 5.27. The number of aryl methyl sites for hydroxylation is 3. The number of nitrogens with one attached hydrogen (secondary N) is 1.